The van der Waals surface area contributed by atoms with Crippen molar-refractivity contribution in [2.45, 2.75) is 19.3 Å². The van der Waals surface area contributed by atoms with Gasteiger partial charge in [-0.15, -0.1) is 0 Å². The molecule has 122 valence electrons. The van der Waals surface area contributed by atoms with Crippen molar-refractivity contribution in [2.75, 3.05) is 24.6 Å². The Labute approximate surface area is 137 Å². The molecule has 0 amide bonds. The third kappa shape index (κ3) is 2.52. The minimum atomic E-state index is -0.633. The summed E-state index contributed by atoms with van der Waals surface area (Å²) in [6.45, 7) is 1.84. The molecule has 1 aliphatic heterocycles. The number of halogens is 2. The van der Waals surface area contributed by atoms with Crippen LogP contribution in [-0.4, -0.2) is 34.2 Å². The number of aliphatic hydroxyl groups excluding tert-OH is 1. The van der Waals surface area contributed by atoms with Gasteiger partial charge < -0.3 is 10.0 Å². The largest absolute Gasteiger partial charge is 0.396 e. The van der Waals surface area contributed by atoms with Crippen molar-refractivity contribution in [3.63, 3.8) is 0 Å². The summed E-state index contributed by atoms with van der Waals surface area (Å²) in [6, 6.07) is 3.31. The van der Waals surface area contributed by atoms with Gasteiger partial charge in [0.2, 0.25) is 5.13 Å². The topological polar surface area (TPSA) is 49.2 Å². The average molecular weight is 337 g/mol. The van der Waals surface area contributed by atoms with Gasteiger partial charge in [-0.25, -0.2) is 8.78 Å². The van der Waals surface area contributed by atoms with Crippen LogP contribution in [0.5, 0.6) is 0 Å². The summed E-state index contributed by atoms with van der Waals surface area (Å²) in [5.41, 5.74) is 0.562. The fraction of sp³-hybridized carbons (Fsp3) is 0.500. The van der Waals surface area contributed by atoms with E-state index in [1.54, 1.807) is 0 Å². The fourth-order valence-electron chi connectivity index (χ4n) is 3.77. The smallest absolute Gasteiger partial charge is 0.205 e. The summed E-state index contributed by atoms with van der Waals surface area (Å²) in [6.07, 6.45) is 3.51. The van der Waals surface area contributed by atoms with E-state index in [2.05, 4.69) is 14.3 Å². The Bertz CT molecular complexity index is 712. The molecule has 1 aliphatic carbocycles. The van der Waals surface area contributed by atoms with Gasteiger partial charge >= 0.3 is 0 Å². The van der Waals surface area contributed by atoms with Gasteiger partial charge in [0.05, 0.1) is 0 Å². The number of benzene rings is 1. The molecule has 1 N–H and O–H groups in total. The summed E-state index contributed by atoms with van der Waals surface area (Å²) in [7, 11) is 0. The number of hydrogen-bond acceptors (Lipinski definition) is 5. The molecule has 1 aromatic carbocycles. The Hall–Kier alpha value is -1.60. The monoisotopic (exact) mass is 337 g/mol. The molecule has 4 nitrogen and oxygen atoms in total. The van der Waals surface area contributed by atoms with Gasteiger partial charge in [-0.05, 0) is 30.4 Å². The first-order chi connectivity index (χ1) is 11.1. The fourth-order valence-corrected chi connectivity index (χ4v) is 4.47. The Morgan fingerprint density at radius 2 is 2.00 bits per heavy atom. The molecular formula is C16H17F2N3OS. The van der Waals surface area contributed by atoms with Crippen LogP contribution in [0.25, 0.3) is 11.4 Å². The van der Waals surface area contributed by atoms with E-state index in [9.17, 15) is 13.9 Å². The number of rotatable bonds is 3. The zero-order valence-corrected chi connectivity index (χ0v) is 13.3. The van der Waals surface area contributed by atoms with E-state index in [4.69, 9.17) is 0 Å². The second kappa shape index (κ2) is 5.49. The van der Waals surface area contributed by atoms with Gasteiger partial charge in [0.25, 0.3) is 0 Å². The molecule has 23 heavy (non-hydrogen) atoms. The van der Waals surface area contributed by atoms with Gasteiger partial charge in [0.15, 0.2) is 5.82 Å². The highest BCUT2D eigenvalue weighted by molar-refractivity contribution is 7.09. The highest BCUT2D eigenvalue weighted by Gasteiger charge is 2.50. The number of anilines is 1. The summed E-state index contributed by atoms with van der Waals surface area (Å²) in [5, 5.41) is 10.4. The lowest BCUT2D eigenvalue weighted by atomic mass is 9.63. The van der Waals surface area contributed by atoms with E-state index >= 15 is 0 Å². The third-order valence-electron chi connectivity index (χ3n) is 5.19. The lowest BCUT2D eigenvalue weighted by Crippen LogP contribution is -2.38. The van der Waals surface area contributed by atoms with Crippen molar-refractivity contribution >= 4 is 16.7 Å². The highest BCUT2D eigenvalue weighted by Crippen LogP contribution is 2.52. The van der Waals surface area contributed by atoms with E-state index in [1.165, 1.54) is 30.1 Å². The Morgan fingerprint density at radius 3 is 2.57 bits per heavy atom. The summed E-state index contributed by atoms with van der Waals surface area (Å²) in [4.78, 5) is 6.61. The Balaban J connectivity index is 1.59. The molecular weight excluding hydrogens is 320 g/mol. The van der Waals surface area contributed by atoms with E-state index in [0.717, 1.165) is 37.1 Å². The van der Waals surface area contributed by atoms with Crippen LogP contribution in [0.2, 0.25) is 0 Å². The van der Waals surface area contributed by atoms with Crippen molar-refractivity contribution in [3.8, 4) is 11.4 Å². The van der Waals surface area contributed by atoms with Gasteiger partial charge in [0, 0.05) is 48.8 Å². The van der Waals surface area contributed by atoms with Crippen molar-refractivity contribution in [3.05, 3.63) is 29.8 Å². The maximum absolute atomic E-state index is 13.3. The van der Waals surface area contributed by atoms with Crippen LogP contribution in [0.1, 0.15) is 19.3 Å². The Kier molecular flexibility index (Phi) is 3.57. The summed E-state index contributed by atoms with van der Waals surface area (Å²) in [5.74, 6) is -0.647. The normalized spacial score (nSPS) is 22.6. The zero-order chi connectivity index (χ0) is 16.0. The summed E-state index contributed by atoms with van der Waals surface area (Å²) < 4.78 is 30.9. The van der Waals surface area contributed by atoms with Crippen LogP contribution < -0.4 is 4.90 Å². The van der Waals surface area contributed by atoms with Crippen LogP contribution >= 0.6 is 11.5 Å². The predicted molar refractivity (Wildman–Crippen MR) is 84.3 cm³/mol. The van der Waals surface area contributed by atoms with E-state index < -0.39 is 11.6 Å². The van der Waals surface area contributed by atoms with Crippen molar-refractivity contribution in [1.29, 1.82) is 0 Å². The van der Waals surface area contributed by atoms with E-state index in [1.807, 2.05) is 0 Å². The second-order valence-corrected chi connectivity index (χ2v) is 7.26. The Morgan fingerprint density at radius 1 is 1.26 bits per heavy atom. The van der Waals surface area contributed by atoms with Crippen molar-refractivity contribution in [1.82, 2.24) is 9.36 Å². The highest BCUT2D eigenvalue weighted by atomic mass is 32.1. The third-order valence-corrected chi connectivity index (χ3v) is 5.97. The van der Waals surface area contributed by atoms with Crippen LogP contribution in [-0.2, 0) is 0 Å². The molecule has 2 fully saturated rings. The lowest BCUT2D eigenvalue weighted by molar-refractivity contribution is 0.0571. The molecule has 1 aromatic heterocycles. The first-order valence-corrected chi connectivity index (χ1v) is 8.53. The molecule has 0 radical (unpaired) electrons. The molecule has 1 saturated heterocycles. The van der Waals surface area contributed by atoms with Crippen LogP contribution in [0.15, 0.2) is 18.2 Å². The number of aliphatic hydroxyl groups is 1. The summed E-state index contributed by atoms with van der Waals surface area (Å²) >= 11 is 1.24. The van der Waals surface area contributed by atoms with Crippen LogP contribution in [0.4, 0.5) is 13.9 Å². The van der Waals surface area contributed by atoms with Crippen LogP contribution in [0, 0.1) is 23.0 Å². The van der Waals surface area contributed by atoms with Crippen molar-refractivity contribution < 1.29 is 13.9 Å². The first-order valence-electron chi connectivity index (χ1n) is 7.76. The molecule has 1 atom stereocenters. The molecule has 0 bridgehead atoms. The lowest BCUT2D eigenvalue weighted by Gasteiger charge is -2.42. The van der Waals surface area contributed by atoms with E-state index in [-0.39, 0.29) is 17.9 Å². The molecule has 2 aliphatic rings. The molecule has 2 heterocycles. The zero-order valence-electron chi connectivity index (χ0n) is 12.5. The number of nitrogens with zero attached hydrogens (tertiary/aromatic N) is 3. The molecule has 1 saturated carbocycles. The van der Waals surface area contributed by atoms with Gasteiger partial charge in [-0.3, -0.25) is 0 Å². The quantitative estimate of drug-likeness (QED) is 0.935. The van der Waals surface area contributed by atoms with Crippen molar-refractivity contribution in [2.24, 2.45) is 11.3 Å². The predicted octanol–water partition coefficient (Wildman–Crippen LogP) is 3.08. The standard InChI is InChI=1S/C16H17F2N3OS/c17-12-4-10(5-13(18)6-12)14-19-15(23-20-14)21-7-11(8-22)16(9-21)2-1-3-16/h4-6,11,22H,1-3,7-9H2. The maximum Gasteiger partial charge on any atom is 0.205 e. The SMILES string of the molecule is OCC1CN(c2nc(-c3cc(F)cc(F)c3)ns2)CC12CCC2. The van der Waals surface area contributed by atoms with E-state index in [0.29, 0.717) is 11.4 Å². The minimum absolute atomic E-state index is 0.192. The van der Waals surface area contributed by atoms with Crippen LogP contribution in [0.3, 0.4) is 0 Å². The molecule has 1 spiro atoms. The molecule has 2 aromatic rings. The van der Waals surface area contributed by atoms with Gasteiger partial charge in [-0.1, -0.05) is 6.42 Å². The number of hydrogen-bond donors (Lipinski definition) is 1. The molecule has 1 unspecified atom stereocenters. The average Bonchev–Trinajstić information content (AvgIpc) is 3.10. The maximum atomic E-state index is 13.3. The van der Waals surface area contributed by atoms with Gasteiger partial charge in [-0.2, -0.15) is 9.36 Å². The van der Waals surface area contributed by atoms with Gasteiger partial charge in [0.1, 0.15) is 11.6 Å². The second-order valence-electron chi connectivity index (χ2n) is 6.53. The molecule has 4 rings (SSSR count). The first kappa shape index (κ1) is 15.0. The minimum Gasteiger partial charge on any atom is -0.396 e. The molecule has 7 heteroatoms. The number of aromatic nitrogens is 2.